The van der Waals surface area contributed by atoms with Gasteiger partial charge < -0.3 is 0 Å². The van der Waals surface area contributed by atoms with E-state index in [2.05, 4.69) is 69.6 Å². The van der Waals surface area contributed by atoms with Crippen molar-refractivity contribution in [2.45, 2.75) is 65.6 Å². The van der Waals surface area contributed by atoms with Crippen LogP contribution < -0.4 is 0 Å². The molecular weight excluding hydrogens is 284 g/mol. The van der Waals surface area contributed by atoms with E-state index in [4.69, 9.17) is 0 Å². The third-order valence-electron chi connectivity index (χ3n) is 3.59. The van der Waals surface area contributed by atoms with Crippen molar-refractivity contribution < 1.29 is 0 Å². The Morgan fingerprint density at radius 3 is 1.67 bits per heavy atom. The highest BCUT2D eigenvalue weighted by Gasteiger charge is 2.27. The molecule has 0 spiro atoms. The SMILES string of the molecule is CCc1cc(CC)c(C(Br)C(C)(C)C)c(CC)c1. The second-order valence-corrected chi connectivity index (χ2v) is 7.03. The first-order valence-corrected chi connectivity index (χ1v) is 8.05. The van der Waals surface area contributed by atoms with E-state index in [-0.39, 0.29) is 5.41 Å². The van der Waals surface area contributed by atoms with Crippen molar-refractivity contribution in [1.29, 1.82) is 0 Å². The van der Waals surface area contributed by atoms with E-state index in [9.17, 15) is 0 Å². The smallest absolute Gasteiger partial charge is 0.0449 e. The molecule has 0 bridgehead atoms. The summed E-state index contributed by atoms with van der Waals surface area (Å²) in [6.07, 6.45) is 3.37. The van der Waals surface area contributed by atoms with Crippen LogP contribution in [0.2, 0.25) is 0 Å². The third-order valence-corrected chi connectivity index (χ3v) is 5.43. The van der Waals surface area contributed by atoms with E-state index in [1.165, 1.54) is 22.3 Å². The van der Waals surface area contributed by atoms with Crippen LogP contribution >= 0.6 is 15.9 Å². The van der Waals surface area contributed by atoms with E-state index in [0.29, 0.717) is 4.83 Å². The van der Waals surface area contributed by atoms with E-state index in [1.807, 2.05) is 0 Å². The van der Waals surface area contributed by atoms with Gasteiger partial charge in [-0.1, -0.05) is 69.6 Å². The van der Waals surface area contributed by atoms with Crippen LogP contribution in [0.4, 0.5) is 0 Å². The fourth-order valence-corrected chi connectivity index (χ4v) is 2.99. The molecule has 0 aliphatic heterocycles. The molecule has 0 heterocycles. The lowest BCUT2D eigenvalue weighted by Crippen LogP contribution is -2.16. The van der Waals surface area contributed by atoms with Crippen LogP contribution in [0.5, 0.6) is 0 Å². The molecular formula is C17H27Br. The Bertz CT molecular complexity index is 374. The van der Waals surface area contributed by atoms with Crippen LogP contribution in [-0.2, 0) is 19.3 Å². The highest BCUT2D eigenvalue weighted by Crippen LogP contribution is 2.43. The standard InChI is InChI=1S/C17H27Br/c1-7-12-10-13(8-2)15(14(9-3)11-12)16(18)17(4,5)6/h10-11,16H,7-9H2,1-6H3. The lowest BCUT2D eigenvalue weighted by molar-refractivity contribution is 0.404. The Morgan fingerprint density at radius 1 is 0.944 bits per heavy atom. The van der Waals surface area contributed by atoms with Crippen LogP contribution in [0.1, 0.15) is 68.6 Å². The van der Waals surface area contributed by atoms with Crippen LogP contribution in [0, 0.1) is 5.41 Å². The van der Waals surface area contributed by atoms with E-state index >= 15 is 0 Å². The largest absolute Gasteiger partial charge is 0.0833 e. The van der Waals surface area contributed by atoms with Gasteiger partial charge in [0.25, 0.3) is 0 Å². The van der Waals surface area contributed by atoms with Gasteiger partial charge in [0.05, 0.1) is 0 Å². The van der Waals surface area contributed by atoms with Gasteiger partial charge in [-0.3, -0.25) is 0 Å². The molecule has 0 amide bonds. The summed E-state index contributed by atoms with van der Waals surface area (Å²) >= 11 is 3.94. The Labute approximate surface area is 121 Å². The average molecular weight is 311 g/mol. The topological polar surface area (TPSA) is 0 Å². The third kappa shape index (κ3) is 3.38. The number of halogens is 1. The van der Waals surface area contributed by atoms with Crippen molar-refractivity contribution in [3.63, 3.8) is 0 Å². The molecule has 1 atom stereocenters. The Morgan fingerprint density at radius 2 is 1.39 bits per heavy atom. The van der Waals surface area contributed by atoms with Crippen LogP contribution in [0.25, 0.3) is 0 Å². The minimum Gasteiger partial charge on any atom is -0.0833 e. The molecule has 0 fully saturated rings. The minimum absolute atomic E-state index is 0.252. The summed E-state index contributed by atoms with van der Waals surface area (Å²) < 4.78 is 0. The molecule has 1 rings (SSSR count). The molecule has 0 saturated heterocycles. The molecule has 102 valence electrons. The van der Waals surface area contributed by atoms with Crippen LogP contribution in [0.15, 0.2) is 12.1 Å². The summed E-state index contributed by atoms with van der Waals surface area (Å²) in [6.45, 7) is 13.7. The first-order chi connectivity index (χ1) is 8.35. The molecule has 0 radical (unpaired) electrons. The molecule has 1 unspecified atom stereocenters. The molecule has 1 aromatic carbocycles. The van der Waals surface area contributed by atoms with Gasteiger partial charge in [-0.15, -0.1) is 0 Å². The summed E-state index contributed by atoms with van der Waals surface area (Å²) in [6, 6.07) is 4.79. The lowest BCUT2D eigenvalue weighted by atomic mass is 9.82. The molecule has 0 aliphatic rings. The van der Waals surface area contributed by atoms with Crippen LogP contribution in [-0.4, -0.2) is 0 Å². The molecule has 18 heavy (non-hydrogen) atoms. The molecule has 0 aromatic heterocycles. The van der Waals surface area contributed by atoms with E-state index in [0.717, 1.165) is 19.3 Å². The second-order valence-electron chi connectivity index (χ2n) is 6.12. The molecule has 1 heteroatoms. The van der Waals surface area contributed by atoms with Crippen LogP contribution in [0.3, 0.4) is 0 Å². The number of hydrogen-bond donors (Lipinski definition) is 0. The van der Waals surface area contributed by atoms with Crippen molar-refractivity contribution in [2.24, 2.45) is 5.41 Å². The number of rotatable bonds is 4. The highest BCUT2D eigenvalue weighted by molar-refractivity contribution is 9.09. The fraction of sp³-hybridized carbons (Fsp3) is 0.647. The molecule has 0 N–H and O–H groups in total. The molecule has 0 saturated carbocycles. The maximum Gasteiger partial charge on any atom is 0.0449 e. The highest BCUT2D eigenvalue weighted by atomic mass is 79.9. The summed E-state index contributed by atoms with van der Waals surface area (Å²) in [5.41, 5.74) is 6.29. The van der Waals surface area contributed by atoms with Crippen molar-refractivity contribution in [1.82, 2.24) is 0 Å². The van der Waals surface area contributed by atoms with Crippen molar-refractivity contribution in [2.75, 3.05) is 0 Å². The zero-order valence-corrected chi connectivity index (χ0v) is 14.3. The van der Waals surface area contributed by atoms with Crippen molar-refractivity contribution in [3.05, 3.63) is 34.4 Å². The summed E-state index contributed by atoms with van der Waals surface area (Å²) in [5, 5.41) is 0. The van der Waals surface area contributed by atoms with Gasteiger partial charge in [-0.05, 0) is 46.9 Å². The normalized spacial score (nSPS) is 13.7. The minimum atomic E-state index is 0.252. The second kappa shape index (κ2) is 6.23. The predicted octanol–water partition coefficient (Wildman–Crippen LogP) is 5.86. The van der Waals surface area contributed by atoms with Crippen molar-refractivity contribution in [3.8, 4) is 0 Å². The maximum absolute atomic E-state index is 3.94. The van der Waals surface area contributed by atoms with E-state index in [1.54, 1.807) is 0 Å². The fourth-order valence-electron chi connectivity index (χ4n) is 2.40. The van der Waals surface area contributed by atoms with Gasteiger partial charge >= 0.3 is 0 Å². The number of aryl methyl sites for hydroxylation is 3. The Kier molecular flexibility index (Phi) is 5.46. The first-order valence-electron chi connectivity index (χ1n) is 7.13. The Balaban J connectivity index is 3.40. The quantitative estimate of drug-likeness (QED) is 0.611. The average Bonchev–Trinajstić information content (AvgIpc) is 2.34. The maximum atomic E-state index is 3.94. The first kappa shape index (κ1) is 15.8. The van der Waals surface area contributed by atoms with Gasteiger partial charge in [0, 0.05) is 4.83 Å². The summed E-state index contributed by atoms with van der Waals surface area (Å²) in [4.78, 5) is 0.431. The number of alkyl halides is 1. The number of hydrogen-bond acceptors (Lipinski definition) is 0. The summed E-state index contributed by atoms with van der Waals surface area (Å²) in [5.74, 6) is 0. The zero-order chi connectivity index (χ0) is 13.9. The van der Waals surface area contributed by atoms with Gasteiger partial charge in [0.15, 0.2) is 0 Å². The van der Waals surface area contributed by atoms with Gasteiger partial charge in [0.1, 0.15) is 0 Å². The molecule has 0 nitrogen and oxygen atoms in total. The Hall–Kier alpha value is -0.300. The van der Waals surface area contributed by atoms with Gasteiger partial charge in [-0.2, -0.15) is 0 Å². The lowest BCUT2D eigenvalue weighted by Gasteiger charge is -2.30. The molecule has 1 aromatic rings. The van der Waals surface area contributed by atoms with E-state index < -0.39 is 0 Å². The predicted molar refractivity (Wildman–Crippen MR) is 85.7 cm³/mol. The zero-order valence-electron chi connectivity index (χ0n) is 12.7. The van der Waals surface area contributed by atoms with Gasteiger partial charge in [-0.25, -0.2) is 0 Å². The van der Waals surface area contributed by atoms with Crippen molar-refractivity contribution >= 4 is 15.9 Å². The molecule has 0 aliphatic carbocycles. The van der Waals surface area contributed by atoms with Gasteiger partial charge in [0.2, 0.25) is 0 Å². The monoisotopic (exact) mass is 310 g/mol. The number of benzene rings is 1. The summed E-state index contributed by atoms with van der Waals surface area (Å²) in [7, 11) is 0.